The molecule has 33 heavy (non-hydrogen) atoms. The minimum Gasteiger partial charge on any atom is -0.396 e. The fourth-order valence-corrected chi connectivity index (χ4v) is 3.85. The number of nitrogens with zero attached hydrogens (tertiary/aromatic N) is 7. The van der Waals surface area contributed by atoms with Crippen LogP contribution in [0.2, 0.25) is 0 Å². The van der Waals surface area contributed by atoms with Crippen LogP contribution in [0, 0.1) is 25.2 Å². The summed E-state index contributed by atoms with van der Waals surface area (Å²) in [6, 6.07) is 15.7. The van der Waals surface area contributed by atoms with Gasteiger partial charge in [0.1, 0.15) is 18.2 Å². The summed E-state index contributed by atoms with van der Waals surface area (Å²) < 4.78 is 1.90. The zero-order chi connectivity index (χ0) is 22.9. The van der Waals surface area contributed by atoms with Crippen molar-refractivity contribution in [2.24, 2.45) is 0 Å². The lowest BCUT2D eigenvalue weighted by Crippen LogP contribution is -2.03. The minimum atomic E-state index is -0.0260. The Morgan fingerprint density at radius 3 is 2.73 bits per heavy atom. The van der Waals surface area contributed by atoms with E-state index in [0.717, 1.165) is 39.2 Å². The predicted octanol–water partition coefficient (Wildman–Crippen LogP) is 3.29. The van der Waals surface area contributed by atoms with E-state index in [1.807, 2.05) is 60.9 Å². The summed E-state index contributed by atoms with van der Waals surface area (Å²) >= 11 is 0. The van der Waals surface area contributed by atoms with Gasteiger partial charge in [-0.2, -0.15) is 20.6 Å². The summed E-state index contributed by atoms with van der Waals surface area (Å²) in [7, 11) is 0. The molecule has 5 rings (SSSR count). The topological polar surface area (TPSA) is 129 Å². The first kappa shape index (κ1) is 20.5. The first-order valence-corrected chi connectivity index (χ1v) is 10.4. The number of rotatable bonds is 5. The number of fused-ring (bicyclic) bond motifs is 1. The number of hydrogen-bond acceptors (Lipinski definition) is 7. The third-order valence-corrected chi connectivity index (χ3v) is 5.52. The normalized spacial score (nSPS) is 11.1. The Labute approximate surface area is 189 Å². The van der Waals surface area contributed by atoms with Gasteiger partial charge in [0, 0.05) is 17.9 Å². The molecule has 1 aromatic carbocycles. The third-order valence-electron chi connectivity index (χ3n) is 5.52. The standard InChI is InChI=1S/C24H20N8O/c1-14-3-6-18(30-28-14)17-4-7-19-21(11-17)32(13-26-19)22-8-5-16(9-10-33)24(27-22)23-15(2)29-31-20(23)12-25/h3-8,11,13,33H,9-10H2,1-2H3,(H,29,31). The quantitative estimate of drug-likeness (QED) is 0.432. The highest BCUT2D eigenvalue weighted by molar-refractivity contribution is 5.83. The number of benzene rings is 1. The summed E-state index contributed by atoms with van der Waals surface area (Å²) in [5, 5.41) is 34.5. The molecule has 4 aromatic heterocycles. The van der Waals surface area contributed by atoms with Crippen molar-refractivity contribution < 1.29 is 5.11 Å². The number of nitriles is 1. The Morgan fingerprint density at radius 2 is 1.97 bits per heavy atom. The van der Waals surface area contributed by atoms with Crippen molar-refractivity contribution in [2.75, 3.05) is 6.61 Å². The Morgan fingerprint density at radius 1 is 1.09 bits per heavy atom. The molecule has 0 atom stereocenters. The summed E-state index contributed by atoms with van der Waals surface area (Å²) in [4.78, 5) is 9.41. The van der Waals surface area contributed by atoms with E-state index in [-0.39, 0.29) is 12.3 Å². The molecule has 0 saturated carbocycles. The predicted molar refractivity (Wildman–Crippen MR) is 122 cm³/mol. The summed E-state index contributed by atoms with van der Waals surface area (Å²) in [5.74, 6) is 0.644. The highest BCUT2D eigenvalue weighted by Gasteiger charge is 2.19. The van der Waals surface area contributed by atoms with Gasteiger partial charge < -0.3 is 5.11 Å². The first-order valence-electron chi connectivity index (χ1n) is 10.4. The van der Waals surface area contributed by atoms with E-state index in [9.17, 15) is 10.4 Å². The number of imidazole rings is 1. The molecule has 0 aliphatic rings. The van der Waals surface area contributed by atoms with Crippen molar-refractivity contribution in [1.29, 1.82) is 5.26 Å². The molecule has 0 amide bonds. The monoisotopic (exact) mass is 436 g/mol. The fraction of sp³-hybridized carbons (Fsp3) is 0.167. The Balaban J connectivity index is 1.67. The zero-order valence-corrected chi connectivity index (χ0v) is 18.1. The van der Waals surface area contributed by atoms with E-state index >= 15 is 0 Å². The van der Waals surface area contributed by atoms with Crippen LogP contribution in [0.4, 0.5) is 0 Å². The van der Waals surface area contributed by atoms with Gasteiger partial charge in [-0.3, -0.25) is 9.67 Å². The van der Waals surface area contributed by atoms with E-state index < -0.39 is 0 Å². The Kier molecular flexibility index (Phi) is 5.12. The number of aliphatic hydroxyl groups is 1. The average Bonchev–Trinajstić information content (AvgIpc) is 3.43. The van der Waals surface area contributed by atoms with Crippen LogP contribution < -0.4 is 0 Å². The zero-order valence-electron chi connectivity index (χ0n) is 18.1. The van der Waals surface area contributed by atoms with Gasteiger partial charge in [0.2, 0.25) is 0 Å². The van der Waals surface area contributed by atoms with Gasteiger partial charge in [-0.05, 0) is 56.2 Å². The molecule has 0 fully saturated rings. The second-order valence-electron chi connectivity index (χ2n) is 7.71. The molecule has 0 bridgehead atoms. The molecule has 9 heteroatoms. The number of aliphatic hydroxyl groups excluding tert-OH is 1. The van der Waals surface area contributed by atoms with Gasteiger partial charge in [-0.15, -0.1) is 0 Å². The van der Waals surface area contributed by atoms with Crippen LogP contribution in [0.1, 0.15) is 22.6 Å². The van der Waals surface area contributed by atoms with Crippen molar-refractivity contribution in [3.05, 3.63) is 71.4 Å². The molecule has 0 radical (unpaired) electrons. The number of aryl methyl sites for hydroxylation is 2. The highest BCUT2D eigenvalue weighted by Crippen LogP contribution is 2.30. The van der Waals surface area contributed by atoms with Crippen molar-refractivity contribution in [2.45, 2.75) is 20.3 Å². The molecule has 4 heterocycles. The van der Waals surface area contributed by atoms with E-state index in [1.165, 1.54) is 0 Å². The molecule has 162 valence electrons. The molecule has 0 aliphatic heterocycles. The van der Waals surface area contributed by atoms with E-state index in [1.54, 1.807) is 6.33 Å². The largest absolute Gasteiger partial charge is 0.396 e. The number of aromatic nitrogens is 7. The van der Waals surface area contributed by atoms with Crippen LogP contribution in [0.5, 0.6) is 0 Å². The molecular formula is C24H20N8O. The lowest BCUT2D eigenvalue weighted by atomic mass is 10.0. The van der Waals surface area contributed by atoms with Crippen molar-refractivity contribution >= 4 is 11.0 Å². The molecule has 5 aromatic rings. The Bertz CT molecular complexity index is 1510. The third kappa shape index (κ3) is 3.62. The smallest absolute Gasteiger partial charge is 0.171 e. The first-order chi connectivity index (χ1) is 16.1. The van der Waals surface area contributed by atoms with Gasteiger partial charge in [-0.25, -0.2) is 9.97 Å². The summed E-state index contributed by atoms with van der Waals surface area (Å²) in [5.41, 5.74) is 7.35. The Hall–Kier alpha value is -4.42. The van der Waals surface area contributed by atoms with E-state index in [0.29, 0.717) is 23.5 Å². The van der Waals surface area contributed by atoms with Gasteiger partial charge in [0.15, 0.2) is 5.69 Å². The van der Waals surface area contributed by atoms with E-state index in [2.05, 4.69) is 31.4 Å². The fourth-order valence-electron chi connectivity index (χ4n) is 3.85. The molecule has 0 unspecified atom stereocenters. The number of nitrogens with one attached hydrogen (secondary N) is 1. The second kappa shape index (κ2) is 8.26. The molecule has 2 N–H and O–H groups in total. The van der Waals surface area contributed by atoms with Gasteiger partial charge in [-0.1, -0.05) is 12.1 Å². The molecule has 0 saturated heterocycles. The number of aromatic amines is 1. The maximum Gasteiger partial charge on any atom is 0.171 e. The maximum atomic E-state index is 9.55. The SMILES string of the molecule is Cc1ccc(-c2ccc3ncn(-c4ccc(CCO)c(-c5c(C#N)n[nH]c5C)n4)c3c2)nn1. The van der Waals surface area contributed by atoms with Crippen molar-refractivity contribution in [3.8, 4) is 34.4 Å². The van der Waals surface area contributed by atoms with Gasteiger partial charge in [0.25, 0.3) is 0 Å². The van der Waals surface area contributed by atoms with Crippen molar-refractivity contribution in [1.82, 2.24) is 34.9 Å². The van der Waals surface area contributed by atoms with Gasteiger partial charge >= 0.3 is 0 Å². The molecule has 9 nitrogen and oxygen atoms in total. The minimum absolute atomic E-state index is 0.0260. The maximum absolute atomic E-state index is 9.55. The molecular weight excluding hydrogens is 416 g/mol. The average molecular weight is 436 g/mol. The highest BCUT2D eigenvalue weighted by atomic mass is 16.2. The van der Waals surface area contributed by atoms with Gasteiger partial charge in [0.05, 0.1) is 33.7 Å². The molecule has 0 spiro atoms. The van der Waals surface area contributed by atoms with Crippen LogP contribution in [0.25, 0.3) is 39.4 Å². The lowest BCUT2D eigenvalue weighted by Gasteiger charge is -2.12. The number of hydrogen-bond donors (Lipinski definition) is 2. The van der Waals surface area contributed by atoms with Crippen LogP contribution in [-0.2, 0) is 6.42 Å². The van der Waals surface area contributed by atoms with E-state index in [4.69, 9.17) is 4.98 Å². The summed E-state index contributed by atoms with van der Waals surface area (Å²) in [6.07, 6.45) is 2.14. The number of H-pyrrole nitrogens is 1. The van der Waals surface area contributed by atoms with Crippen LogP contribution in [0.15, 0.2) is 48.8 Å². The van der Waals surface area contributed by atoms with Crippen LogP contribution in [0.3, 0.4) is 0 Å². The van der Waals surface area contributed by atoms with Crippen molar-refractivity contribution in [3.63, 3.8) is 0 Å². The lowest BCUT2D eigenvalue weighted by molar-refractivity contribution is 0.299. The van der Waals surface area contributed by atoms with Crippen LogP contribution >= 0.6 is 0 Å². The summed E-state index contributed by atoms with van der Waals surface area (Å²) in [6.45, 7) is 3.72. The number of pyridine rings is 1. The second-order valence-corrected chi connectivity index (χ2v) is 7.71. The van der Waals surface area contributed by atoms with Crippen LogP contribution in [-0.4, -0.2) is 46.6 Å². The molecule has 0 aliphatic carbocycles.